The highest BCUT2D eigenvalue weighted by molar-refractivity contribution is 5.97. The number of ether oxygens (including phenoxy) is 2. The van der Waals surface area contributed by atoms with Gasteiger partial charge in [-0.15, -0.1) is 0 Å². The molecule has 1 aliphatic rings. The Morgan fingerprint density at radius 2 is 2.00 bits per heavy atom. The predicted molar refractivity (Wildman–Crippen MR) is 75.5 cm³/mol. The molecule has 6 heteroatoms. The van der Waals surface area contributed by atoms with Crippen LogP contribution in [0, 0.1) is 0 Å². The minimum Gasteiger partial charge on any atom is -0.491 e. The Bertz CT molecular complexity index is 499. The summed E-state index contributed by atoms with van der Waals surface area (Å²) in [6.07, 6.45) is 1.24. The van der Waals surface area contributed by atoms with Gasteiger partial charge in [-0.25, -0.2) is 4.79 Å². The van der Waals surface area contributed by atoms with Crippen molar-refractivity contribution in [3.05, 3.63) is 29.8 Å². The van der Waals surface area contributed by atoms with Gasteiger partial charge >= 0.3 is 5.97 Å². The van der Waals surface area contributed by atoms with Gasteiger partial charge in [-0.3, -0.25) is 4.79 Å². The summed E-state index contributed by atoms with van der Waals surface area (Å²) in [4.78, 5) is 24.9. The smallest absolute Gasteiger partial charge is 0.326 e. The van der Waals surface area contributed by atoms with E-state index in [-0.39, 0.29) is 5.91 Å². The quantitative estimate of drug-likeness (QED) is 0.802. The molecule has 1 N–H and O–H groups in total. The Morgan fingerprint density at radius 1 is 1.29 bits per heavy atom. The summed E-state index contributed by atoms with van der Waals surface area (Å²) in [5.74, 6) is -0.538. The second kappa shape index (κ2) is 7.08. The minimum absolute atomic E-state index is 0.247. The molecule has 1 aromatic carbocycles. The Balaban J connectivity index is 2.01. The van der Waals surface area contributed by atoms with E-state index in [0.717, 1.165) is 6.42 Å². The number of carboxylic acid groups (broad SMARTS) is 1. The number of amides is 1. The molecule has 1 heterocycles. The second-order valence-corrected chi connectivity index (χ2v) is 4.86. The lowest BCUT2D eigenvalue weighted by Gasteiger charge is -2.21. The number of hydrogen-bond donors (Lipinski definition) is 1. The third-order valence-corrected chi connectivity index (χ3v) is 3.46. The van der Waals surface area contributed by atoms with Gasteiger partial charge < -0.3 is 19.5 Å². The van der Waals surface area contributed by atoms with Crippen molar-refractivity contribution in [2.24, 2.45) is 0 Å². The van der Waals surface area contributed by atoms with Crippen LogP contribution < -0.4 is 4.74 Å². The van der Waals surface area contributed by atoms with Crippen molar-refractivity contribution >= 4 is 11.9 Å². The molecule has 1 aromatic rings. The predicted octanol–water partition coefficient (Wildman–Crippen LogP) is 1.40. The maximum atomic E-state index is 12.3. The maximum Gasteiger partial charge on any atom is 0.326 e. The highest BCUT2D eigenvalue weighted by Gasteiger charge is 2.34. The summed E-state index contributed by atoms with van der Waals surface area (Å²) in [5.41, 5.74) is 0.474. The molecule has 1 saturated heterocycles. The van der Waals surface area contributed by atoms with E-state index in [1.54, 1.807) is 31.4 Å². The molecule has 21 heavy (non-hydrogen) atoms. The SMILES string of the molecule is COCCOc1ccc(C(=O)N2CCCC2C(=O)O)cc1. The molecular formula is C15H19NO5. The third-order valence-electron chi connectivity index (χ3n) is 3.46. The van der Waals surface area contributed by atoms with E-state index in [2.05, 4.69) is 0 Å². The topological polar surface area (TPSA) is 76.1 Å². The molecule has 6 nitrogen and oxygen atoms in total. The first-order valence-corrected chi connectivity index (χ1v) is 6.89. The van der Waals surface area contributed by atoms with E-state index in [0.29, 0.717) is 37.5 Å². The zero-order valence-electron chi connectivity index (χ0n) is 11.9. The first kappa shape index (κ1) is 15.3. The van der Waals surface area contributed by atoms with Gasteiger partial charge in [0.05, 0.1) is 6.61 Å². The van der Waals surface area contributed by atoms with Crippen LogP contribution in [0.1, 0.15) is 23.2 Å². The Hall–Kier alpha value is -2.08. The number of methoxy groups -OCH3 is 1. The van der Waals surface area contributed by atoms with Crippen molar-refractivity contribution in [2.75, 3.05) is 26.9 Å². The Kier molecular flexibility index (Phi) is 5.16. The lowest BCUT2D eigenvalue weighted by atomic mass is 10.1. The van der Waals surface area contributed by atoms with Gasteiger partial charge in [-0.2, -0.15) is 0 Å². The fourth-order valence-electron chi connectivity index (χ4n) is 2.37. The fraction of sp³-hybridized carbons (Fsp3) is 0.467. The molecule has 2 rings (SSSR count). The van der Waals surface area contributed by atoms with Crippen LogP contribution in [0.4, 0.5) is 0 Å². The van der Waals surface area contributed by atoms with Gasteiger partial charge in [0.15, 0.2) is 0 Å². The third kappa shape index (κ3) is 3.72. The van der Waals surface area contributed by atoms with Crippen molar-refractivity contribution < 1.29 is 24.2 Å². The van der Waals surface area contributed by atoms with E-state index in [4.69, 9.17) is 14.6 Å². The van der Waals surface area contributed by atoms with Crippen LogP contribution in [0.2, 0.25) is 0 Å². The number of likely N-dealkylation sites (tertiary alicyclic amines) is 1. The number of aliphatic carboxylic acids is 1. The van der Waals surface area contributed by atoms with Crippen LogP contribution in [0.5, 0.6) is 5.75 Å². The normalized spacial score (nSPS) is 17.8. The summed E-state index contributed by atoms with van der Waals surface area (Å²) in [6.45, 7) is 1.42. The molecule has 0 aliphatic carbocycles. The van der Waals surface area contributed by atoms with Crippen LogP contribution in [-0.4, -0.2) is 54.8 Å². The number of hydrogen-bond acceptors (Lipinski definition) is 4. The number of carbonyl (C=O) groups is 2. The number of carbonyl (C=O) groups excluding carboxylic acids is 1. The zero-order valence-corrected chi connectivity index (χ0v) is 11.9. The van der Waals surface area contributed by atoms with Crippen molar-refractivity contribution in [2.45, 2.75) is 18.9 Å². The lowest BCUT2D eigenvalue weighted by molar-refractivity contribution is -0.141. The molecule has 0 bridgehead atoms. The van der Waals surface area contributed by atoms with Gasteiger partial charge in [0.2, 0.25) is 0 Å². The first-order valence-electron chi connectivity index (χ1n) is 6.89. The maximum absolute atomic E-state index is 12.3. The van der Waals surface area contributed by atoms with Crippen LogP contribution in [0.15, 0.2) is 24.3 Å². The molecular weight excluding hydrogens is 274 g/mol. The van der Waals surface area contributed by atoms with Crippen LogP contribution in [-0.2, 0) is 9.53 Å². The van der Waals surface area contributed by atoms with E-state index < -0.39 is 12.0 Å². The van der Waals surface area contributed by atoms with Crippen molar-refractivity contribution in [1.29, 1.82) is 0 Å². The van der Waals surface area contributed by atoms with E-state index in [1.807, 2.05) is 0 Å². The Morgan fingerprint density at radius 3 is 2.62 bits per heavy atom. The van der Waals surface area contributed by atoms with Gasteiger partial charge in [0, 0.05) is 19.2 Å². The summed E-state index contributed by atoms with van der Waals surface area (Å²) in [7, 11) is 1.60. The van der Waals surface area contributed by atoms with Crippen LogP contribution >= 0.6 is 0 Å². The molecule has 0 aromatic heterocycles. The molecule has 114 valence electrons. The molecule has 1 fully saturated rings. The number of benzene rings is 1. The minimum atomic E-state index is -0.944. The van der Waals surface area contributed by atoms with Crippen molar-refractivity contribution in [3.63, 3.8) is 0 Å². The summed E-state index contributed by atoms with van der Waals surface area (Å²) in [5, 5.41) is 9.12. The molecule has 0 saturated carbocycles. The van der Waals surface area contributed by atoms with Crippen molar-refractivity contribution in [3.8, 4) is 5.75 Å². The second-order valence-electron chi connectivity index (χ2n) is 4.86. The Labute approximate surface area is 123 Å². The average molecular weight is 293 g/mol. The van der Waals surface area contributed by atoms with E-state index >= 15 is 0 Å². The lowest BCUT2D eigenvalue weighted by Crippen LogP contribution is -2.40. The first-order chi connectivity index (χ1) is 10.1. The monoisotopic (exact) mass is 293 g/mol. The molecule has 0 radical (unpaired) electrons. The number of nitrogens with zero attached hydrogens (tertiary/aromatic N) is 1. The van der Waals surface area contributed by atoms with Crippen LogP contribution in [0.25, 0.3) is 0 Å². The summed E-state index contributed by atoms with van der Waals surface area (Å²) in [6, 6.07) is 6.00. The summed E-state index contributed by atoms with van der Waals surface area (Å²) < 4.78 is 10.3. The summed E-state index contributed by atoms with van der Waals surface area (Å²) >= 11 is 0. The molecule has 1 aliphatic heterocycles. The van der Waals surface area contributed by atoms with Crippen molar-refractivity contribution in [1.82, 2.24) is 4.90 Å². The zero-order chi connectivity index (χ0) is 15.2. The van der Waals surface area contributed by atoms with E-state index in [9.17, 15) is 9.59 Å². The van der Waals surface area contributed by atoms with Crippen LogP contribution in [0.3, 0.4) is 0 Å². The number of carboxylic acids is 1. The molecule has 1 unspecified atom stereocenters. The van der Waals surface area contributed by atoms with Gasteiger partial charge in [0.25, 0.3) is 5.91 Å². The highest BCUT2D eigenvalue weighted by Crippen LogP contribution is 2.21. The molecule has 1 amide bonds. The average Bonchev–Trinajstić information content (AvgIpc) is 2.97. The number of rotatable bonds is 6. The van der Waals surface area contributed by atoms with Gasteiger partial charge in [-0.1, -0.05) is 0 Å². The highest BCUT2D eigenvalue weighted by atomic mass is 16.5. The van der Waals surface area contributed by atoms with Gasteiger partial charge in [-0.05, 0) is 37.1 Å². The largest absolute Gasteiger partial charge is 0.491 e. The molecule has 0 spiro atoms. The van der Waals surface area contributed by atoms with E-state index in [1.165, 1.54) is 4.90 Å². The van der Waals surface area contributed by atoms with Gasteiger partial charge in [0.1, 0.15) is 18.4 Å². The molecule has 1 atom stereocenters. The fourth-order valence-corrected chi connectivity index (χ4v) is 2.37. The standard InChI is InChI=1S/C15H19NO5/c1-20-9-10-21-12-6-4-11(5-7-12)14(17)16-8-2-3-13(16)15(18)19/h4-7,13H,2-3,8-10H2,1H3,(H,18,19).